The van der Waals surface area contributed by atoms with Crippen LogP contribution in [0, 0.1) is 0 Å². The Balaban J connectivity index is 1.79. The van der Waals surface area contributed by atoms with E-state index in [4.69, 9.17) is 4.52 Å². The first-order valence-electron chi connectivity index (χ1n) is 8.35. The smallest absolute Gasteiger partial charge is 0.226 e. The average Bonchev–Trinajstić information content (AvgIpc) is 2.76. The topological polar surface area (TPSA) is 51.0 Å². The van der Waals surface area contributed by atoms with E-state index in [0.717, 1.165) is 31.1 Å². The van der Waals surface area contributed by atoms with Crippen molar-refractivity contribution in [2.75, 3.05) is 6.54 Å². The molecule has 1 N–H and O–H groups in total. The van der Waals surface area contributed by atoms with Crippen molar-refractivity contribution in [3.8, 4) is 0 Å². The minimum absolute atomic E-state index is 0.517. The third-order valence-electron chi connectivity index (χ3n) is 4.24. The van der Waals surface area contributed by atoms with E-state index in [1.807, 2.05) is 0 Å². The molecular weight excluding hydrogens is 250 g/mol. The predicted octanol–water partition coefficient (Wildman–Crippen LogP) is 3.83. The second-order valence-corrected chi connectivity index (χ2v) is 6.13. The van der Waals surface area contributed by atoms with E-state index in [9.17, 15) is 0 Å². The lowest BCUT2D eigenvalue weighted by Crippen LogP contribution is -2.27. The Morgan fingerprint density at radius 2 is 2.00 bits per heavy atom. The zero-order valence-electron chi connectivity index (χ0n) is 13.0. The number of aryl methyl sites for hydroxylation is 1. The van der Waals surface area contributed by atoms with E-state index >= 15 is 0 Å². The van der Waals surface area contributed by atoms with Gasteiger partial charge in [0.25, 0.3) is 0 Å². The van der Waals surface area contributed by atoms with Crippen molar-refractivity contribution in [1.82, 2.24) is 15.5 Å². The Morgan fingerprint density at radius 1 is 1.25 bits per heavy atom. The molecule has 1 atom stereocenters. The highest BCUT2D eigenvalue weighted by Crippen LogP contribution is 2.29. The molecule has 0 bridgehead atoms. The van der Waals surface area contributed by atoms with E-state index in [0.29, 0.717) is 12.0 Å². The minimum Gasteiger partial charge on any atom is -0.339 e. The van der Waals surface area contributed by atoms with Crippen LogP contribution in [-0.2, 0) is 6.42 Å². The average molecular weight is 279 g/mol. The third-order valence-corrected chi connectivity index (χ3v) is 4.24. The van der Waals surface area contributed by atoms with Gasteiger partial charge in [-0.25, -0.2) is 0 Å². The molecule has 1 aromatic heterocycles. The Kier molecular flexibility index (Phi) is 6.51. The van der Waals surface area contributed by atoms with Gasteiger partial charge in [0.1, 0.15) is 0 Å². The summed E-state index contributed by atoms with van der Waals surface area (Å²) in [5.41, 5.74) is 0. The van der Waals surface area contributed by atoms with Crippen LogP contribution < -0.4 is 5.32 Å². The SMILES string of the molecule is CCCNC(C)CCc1nc(C2CCCCCC2)no1. The van der Waals surface area contributed by atoms with E-state index in [2.05, 4.69) is 29.3 Å². The lowest BCUT2D eigenvalue weighted by molar-refractivity contribution is 0.357. The zero-order chi connectivity index (χ0) is 14.2. The Hall–Kier alpha value is -0.900. The molecule has 1 aliphatic rings. The maximum Gasteiger partial charge on any atom is 0.226 e. The minimum atomic E-state index is 0.517. The largest absolute Gasteiger partial charge is 0.339 e. The molecule has 0 spiro atoms. The Bertz CT molecular complexity index is 370. The van der Waals surface area contributed by atoms with E-state index < -0.39 is 0 Å². The quantitative estimate of drug-likeness (QED) is 0.771. The summed E-state index contributed by atoms with van der Waals surface area (Å²) in [6.07, 6.45) is 10.9. The summed E-state index contributed by atoms with van der Waals surface area (Å²) in [6.45, 7) is 5.49. The fourth-order valence-electron chi connectivity index (χ4n) is 2.91. The molecule has 0 aromatic carbocycles. The van der Waals surface area contributed by atoms with E-state index in [1.165, 1.54) is 44.9 Å². The molecule has 1 aliphatic carbocycles. The van der Waals surface area contributed by atoms with Gasteiger partial charge in [-0.15, -0.1) is 0 Å². The maximum absolute atomic E-state index is 5.42. The zero-order valence-corrected chi connectivity index (χ0v) is 13.0. The normalized spacial score (nSPS) is 18.9. The molecule has 4 nitrogen and oxygen atoms in total. The summed E-state index contributed by atoms with van der Waals surface area (Å²) in [6, 6.07) is 0.517. The van der Waals surface area contributed by atoms with Gasteiger partial charge in [0.2, 0.25) is 5.89 Å². The number of aromatic nitrogens is 2. The molecule has 0 radical (unpaired) electrons. The molecule has 4 heteroatoms. The molecule has 1 fully saturated rings. The molecule has 1 unspecified atom stereocenters. The second-order valence-electron chi connectivity index (χ2n) is 6.13. The predicted molar refractivity (Wildman–Crippen MR) is 80.8 cm³/mol. The molecule has 114 valence electrons. The highest BCUT2D eigenvalue weighted by Gasteiger charge is 2.20. The highest BCUT2D eigenvalue weighted by molar-refractivity contribution is 4.96. The molecule has 1 aromatic rings. The van der Waals surface area contributed by atoms with E-state index in [1.54, 1.807) is 0 Å². The van der Waals surface area contributed by atoms with Crippen LogP contribution in [0.3, 0.4) is 0 Å². The second kappa shape index (κ2) is 8.40. The number of hydrogen-bond donors (Lipinski definition) is 1. The third kappa shape index (κ3) is 4.89. The number of hydrogen-bond acceptors (Lipinski definition) is 4. The molecule has 1 saturated carbocycles. The van der Waals surface area contributed by atoms with Crippen LogP contribution in [0.4, 0.5) is 0 Å². The van der Waals surface area contributed by atoms with Crippen molar-refractivity contribution in [3.05, 3.63) is 11.7 Å². The van der Waals surface area contributed by atoms with Gasteiger partial charge in [0, 0.05) is 18.4 Å². The van der Waals surface area contributed by atoms with Crippen LogP contribution in [0.5, 0.6) is 0 Å². The van der Waals surface area contributed by atoms with Gasteiger partial charge in [-0.05, 0) is 39.2 Å². The van der Waals surface area contributed by atoms with Gasteiger partial charge in [-0.1, -0.05) is 37.8 Å². The number of rotatable bonds is 7. The van der Waals surface area contributed by atoms with Crippen LogP contribution in [-0.4, -0.2) is 22.7 Å². The molecule has 20 heavy (non-hydrogen) atoms. The van der Waals surface area contributed by atoms with Gasteiger partial charge >= 0.3 is 0 Å². The van der Waals surface area contributed by atoms with Crippen molar-refractivity contribution in [1.29, 1.82) is 0 Å². The van der Waals surface area contributed by atoms with Crippen molar-refractivity contribution < 1.29 is 4.52 Å². The molecule has 0 aliphatic heterocycles. The maximum atomic E-state index is 5.42. The summed E-state index contributed by atoms with van der Waals surface area (Å²) in [7, 11) is 0. The highest BCUT2D eigenvalue weighted by atomic mass is 16.5. The van der Waals surface area contributed by atoms with Crippen LogP contribution in [0.25, 0.3) is 0 Å². The summed E-state index contributed by atoms with van der Waals surface area (Å²) >= 11 is 0. The van der Waals surface area contributed by atoms with Crippen molar-refractivity contribution in [3.63, 3.8) is 0 Å². The van der Waals surface area contributed by atoms with Gasteiger partial charge < -0.3 is 9.84 Å². The van der Waals surface area contributed by atoms with Crippen molar-refractivity contribution >= 4 is 0 Å². The number of nitrogens with one attached hydrogen (secondary N) is 1. The fraction of sp³-hybridized carbons (Fsp3) is 0.875. The molecule has 0 saturated heterocycles. The van der Waals surface area contributed by atoms with Gasteiger partial charge in [0.15, 0.2) is 5.82 Å². The van der Waals surface area contributed by atoms with Crippen molar-refractivity contribution in [2.24, 2.45) is 0 Å². The Morgan fingerprint density at radius 3 is 2.70 bits per heavy atom. The standard InChI is InChI=1S/C16H29N3O/c1-3-12-17-13(2)10-11-15-18-16(19-20-15)14-8-6-4-5-7-9-14/h13-14,17H,3-12H2,1-2H3. The van der Waals surface area contributed by atoms with Crippen LogP contribution in [0.2, 0.25) is 0 Å². The van der Waals surface area contributed by atoms with Gasteiger partial charge in [0.05, 0.1) is 0 Å². The lowest BCUT2D eigenvalue weighted by atomic mass is 10.00. The van der Waals surface area contributed by atoms with Crippen LogP contribution in [0.1, 0.15) is 82.8 Å². The summed E-state index contributed by atoms with van der Waals surface area (Å²) < 4.78 is 5.42. The van der Waals surface area contributed by atoms with E-state index in [-0.39, 0.29) is 0 Å². The summed E-state index contributed by atoms with van der Waals surface area (Å²) in [4.78, 5) is 4.62. The van der Waals surface area contributed by atoms with Crippen LogP contribution >= 0.6 is 0 Å². The first kappa shape index (κ1) is 15.5. The molecular formula is C16H29N3O. The molecule has 1 heterocycles. The summed E-state index contributed by atoms with van der Waals surface area (Å²) in [5, 5.41) is 7.71. The van der Waals surface area contributed by atoms with Crippen molar-refractivity contribution in [2.45, 2.75) is 83.6 Å². The van der Waals surface area contributed by atoms with Gasteiger partial charge in [-0.3, -0.25) is 0 Å². The number of nitrogens with zero attached hydrogens (tertiary/aromatic N) is 2. The fourth-order valence-corrected chi connectivity index (χ4v) is 2.91. The molecule has 0 amide bonds. The first-order valence-corrected chi connectivity index (χ1v) is 8.35. The van der Waals surface area contributed by atoms with Gasteiger partial charge in [-0.2, -0.15) is 4.98 Å². The monoisotopic (exact) mass is 279 g/mol. The Labute approximate surface area is 122 Å². The van der Waals surface area contributed by atoms with Crippen LogP contribution in [0.15, 0.2) is 4.52 Å². The lowest BCUT2D eigenvalue weighted by Gasteiger charge is -2.11. The first-order chi connectivity index (χ1) is 9.79. The molecule has 2 rings (SSSR count). The summed E-state index contributed by atoms with van der Waals surface area (Å²) in [5.74, 6) is 2.30.